The van der Waals surface area contributed by atoms with Crippen LogP contribution in [-0.2, 0) is 16.6 Å². The Morgan fingerprint density at radius 1 is 1.26 bits per heavy atom. The van der Waals surface area contributed by atoms with E-state index in [0.29, 0.717) is 25.0 Å². The van der Waals surface area contributed by atoms with E-state index < -0.39 is 10.0 Å². The van der Waals surface area contributed by atoms with Crippen LogP contribution >= 0.6 is 24.0 Å². The topological polar surface area (TPSA) is 96.6 Å². The Hall–Kier alpha value is -0.870. The second-order valence-corrected chi connectivity index (χ2v) is 7.22. The van der Waals surface area contributed by atoms with Gasteiger partial charge in [0.25, 0.3) is 0 Å². The summed E-state index contributed by atoms with van der Waals surface area (Å²) in [7, 11) is -3.40. The van der Waals surface area contributed by atoms with Crippen LogP contribution < -0.4 is 15.8 Å². The van der Waals surface area contributed by atoms with E-state index in [4.69, 9.17) is 5.73 Å². The predicted molar refractivity (Wildman–Crippen MR) is 106 cm³/mol. The number of rotatable bonds is 8. The van der Waals surface area contributed by atoms with Crippen LogP contribution in [0.3, 0.4) is 0 Å². The molecule has 0 amide bonds. The quantitative estimate of drug-likeness (QED) is 0.318. The molecule has 0 aliphatic carbocycles. The van der Waals surface area contributed by atoms with Gasteiger partial charge in [0.1, 0.15) is 0 Å². The Morgan fingerprint density at radius 3 is 2.39 bits per heavy atom. The molecule has 4 N–H and O–H groups in total. The third-order valence-corrected chi connectivity index (χ3v) is 4.59. The third-order valence-electron chi connectivity index (χ3n) is 3.03. The average Bonchev–Trinajstić information content (AvgIpc) is 2.45. The summed E-state index contributed by atoms with van der Waals surface area (Å²) in [5.74, 6) is 1.02. The van der Waals surface area contributed by atoms with E-state index in [-0.39, 0.29) is 28.9 Å². The Morgan fingerprint density at radius 2 is 1.87 bits per heavy atom. The zero-order valence-corrected chi connectivity index (χ0v) is 17.0. The van der Waals surface area contributed by atoms with Crippen molar-refractivity contribution in [2.75, 3.05) is 13.1 Å². The van der Waals surface area contributed by atoms with Crippen molar-refractivity contribution in [3.05, 3.63) is 29.8 Å². The van der Waals surface area contributed by atoms with Gasteiger partial charge in [-0.3, -0.25) is 0 Å². The summed E-state index contributed by atoms with van der Waals surface area (Å²) in [4.78, 5) is 4.49. The first-order valence-electron chi connectivity index (χ1n) is 7.47. The second kappa shape index (κ2) is 10.8. The van der Waals surface area contributed by atoms with Crippen molar-refractivity contribution in [2.45, 2.75) is 38.6 Å². The maximum Gasteiger partial charge on any atom is 0.240 e. The van der Waals surface area contributed by atoms with E-state index in [1.807, 2.05) is 0 Å². The molecule has 0 fully saturated rings. The van der Waals surface area contributed by atoms with Gasteiger partial charge in [0, 0.05) is 13.1 Å². The van der Waals surface area contributed by atoms with Gasteiger partial charge in [-0.2, -0.15) is 0 Å². The number of hydrogen-bond donors (Lipinski definition) is 3. The smallest absolute Gasteiger partial charge is 0.240 e. The monoisotopic (exact) mass is 454 g/mol. The van der Waals surface area contributed by atoms with Crippen LogP contribution in [0.5, 0.6) is 0 Å². The molecule has 0 aliphatic heterocycles. The molecule has 1 rings (SSSR count). The van der Waals surface area contributed by atoms with Gasteiger partial charge < -0.3 is 11.1 Å². The van der Waals surface area contributed by atoms with E-state index in [2.05, 4.69) is 28.9 Å². The van der Waals surface area contributed by atoms with Crippen molar-refractivity contribution in [1.29, 1.82) is 0 Å². The number of nitrogens with one attached hydrogen (secondary N) is 2. The van der Waals surface area contributed by atoms with Crippen molar-refractivity contribution in [2.24, 2.45) is 16.6 Å². The number of halogens is 1. The fraction of sp³-hybridized carbons (Fsp3) is 0.533. The number of sulfonamides is 1. The molecule has 0 aromatic heterocycles. The van der Waals surface area contributed by atoms with Gasteiger partial charge in [-0.1, -0.05) is 32.9 Å². The van der Waals surface area contributed by atoms with Crippen molar-refractivity contribution < 1.29 is 8.42 Å². The Balaban J connectivity index is 0.00000484. The lowest BCUT2D eigenvalue weighted by molar-refractivity contribution is 0.576. The molecule has 6 nitrogen and oxygen atoms in total. The first kappa shape index (κ1) is 22.1. The molecule has 0 spiro atoms. The molecule has 132 valence electrons. The van der Waals surface area contributed by atoms with Crippen LogP contribution in [-0.4, -0.2) is 27.5 Å². The molecule has 0 aliphatic rings. The van der Waals surface area contributed by atoms with E-state index in [0.717, 1.165) is 18.5 Å². The molecule has 0 unspecified atom stereocenters. The lowest BCUT2D eigenvalue weighted by Crippen LogP contribution is -2.32. The van der Waals surface area contributed by atoms with Crippen LogP contribution in [0.2, 0.25) is 0 Å². The predicted octanol–water partition coefficient (Wildman–Crippen LogP) is 2.05. The minimum Gasteiger partial charge on any atom is -0.370 e. The zero-order chi connectivity index (χ0) is 16.6. The SMILES string of the molecule is CCNS(=O)(=O)c1ccc(CN=C(N)NCCC(C)C)cc1.I. The molecule has 0 saturated carbocycles. The summed E-state index contributed by atoms with van der Waals surface area (Å²) in [6.07, 6.45) is 1.03. The lowest BCUT2D eigenvalue weighted by Gasteiger charge is -2.08. The van der Waals surface area contributed by atoms with Crippen molar-refractivity contribution in [3.63, 3.8) is 0 Å². The van der Waals surface area contributed by atoms with Crippen molar-refractivity contribution >= 4 is 40.0 Å². The summed E-state index contributed by atoms with van der Waals surface area (Å²) in [6, 6.07) is 6.64. The molecule has 8 heteroatoms. The van der Waals surface area contributed by atoms with Crippen LogP contribution in [0.25, 0.3) is 0 Å². The van der Waals surface area contributed by atoms with E-state index in [1.165, 1.54) is 0 Å². The third kappa shape index (κ3) is 8.52. The normalized spacial score (nSPS) is 12.1. The maximum atomic E-state index is 11.8. The van der Waals surface area contributed by atoms with Gasteiger partial charge in [0.2, 0.25) is 10.0 Å². The zero-order valence-electron chi connectivity index (χ0n) is 13.9. The molecule has 0 saturated heterocycles. The van der Waals surface area contributed by atoms with Gasteiger partial charge in [-0.25, -0.2) is 18.1 Å². The molecule has 1 aromatic rings. The highest BCUT2D eigenvalue weighted by Crippen LogP contribution is 2.11. The fourth-order valence-corrected chi connectivity index (χ4v) is 2.81. The van der Waals surface area contributed by atoms with Crippen molar-refractivity contribution in [3.8, 4) is 0 Å². The van der Waals surface area contributed by atoms with Gasteiger partial charge in [0.15, 0.2) is 5.96 Å². The molecule has 1 aromatic carbocycles. The molecular weight excluding hydrogens is 427 g/mol. The summed E-state index contributed by atoms with van der Waals surface area (Å²) in [5, 5.41) is 3.06. The number of nitrogens with two attached hydrogens (primary N) is 1. The fourth-order valence-electron chi connectivity index (χ4n) is 1.77. The molecule has 23 heavy (non-hydrogen) atoms. The minimum absolute atomic E-state index is 0. The average molecular weight is 454 g/mol. The minimum atomic E-state index is -3.40. The van der Waals surface area contributed by atoms with Crippen LogP contribution in [0.1, 0.15) is 32.8 Å². The lowest BCUT2D eigenvalue weighted by atomic mass is 10.1. The molecular formula is C15H27IN4O2S. The van der Waals surface area contributed by atoms with E-state index in [9.17, 15) is 8.42 Å². The van der Waals surface area contributed by atoms with Gasteiger partial charge in [0.05, 0.1) is 11.4 Å². The summed E-state index contributed by atoms with van der Waals surface area (Å²) in [5.41, 5.74) is 6.69. The maximum absolute atomic E-state index is 11.8. The highest BCUT2D eigenvalue weighted by atomic mass is 127. The summed E-state index contributed by atoms with van der Waals surface area (Å²) < 4.78 is 26.1. The second-order valence-electron chi connectivity index (χ2n) is 5.46. The summed E-state index contributed by atoms with van der Waals surface area (Å²) in [6.45, 7) is 7.63. The molecule has 0 radical (unpaired) electrons. The highest BCUT2D eigenvalue weighted by molar-refractivity contribution is 14.0. The molecule has 0 heterocycles. The standard InChI is InChI=1S/C15H26N4O2S.HI/c1-4-19-22(20,21)14-7-5-13(6-8-14)11-18-15(16)17-10-9-12(2)3;/h5-8,12,19H,4,9-11H2,1-3H3,(H3,16,17,18);1H. The molecule has 0 atom stereocenters. The number of aliphatic imine (C=N–C) groups is 1. The van der Waals surface area contributed by atoms with Crippen LogP contribution in [0, 0.1) is 5.92 Å². The Bertz CT molecular complexity index is 586. The van der Waals surface area contributed by atoms with E-state index >= 15 is 0 Å². The summed E-state index contributed by atoms with van der Waals surface area (Å²) >= 11 is 0. The molecule has 0 bridgehead atoms. The van der Waals surface area contributed by atoms with Crippen LogP contribution in [0.15, 0.2) is 34.2 Å². The van der Waals surface area contributed by atoms with Gasteiger partial charge in [-0.15, -0.1) is 24.0 Å². The first-order valence-corrected chi connectivity index (χ1v) is 8.96. The van der Waals surface area contributed by atoms with Crippen molar-refractivity contribution in [1.82, 2.24) is 10.0 Å². The van der Waals surface area contributed by atoms with E-state index in [1.54, 1.807) is 31.2 Å². The van der Waals surface area contributed by atoms with Gasteiger partial charge in [-0.05, 0) is 30.0 Å². The van der Waals surface area contributed by atoms with Crippen LogP contribution in [0.4, 0.5) is 0 Å². The first-order chi connectivity index (χ1) is 10.3. The number of nitrogens with zero attached hydrogens (tertiary/aromatic N) is 1. The largest absolute Gasteiger partial charge is 0.370 e. The Labute approximate surface area is 156 Å². The highest BCUT2D eigenvalue weighted by Gasteiger charge is 2.11. The number of guanidine groups is 1. The Kier molecular flexibility index (Phi) is 10.4. The number of hydrogen-bond acceptors (Lipinski definition) is 3. The van der Waals surface area contributed by atoms with Gasteiger partial charge >= 0.3 is 0 Å². The number of benzene rings is 1.